The Morgan fingerprint density at radius 3 is 2.67 bits per heavy atom. The molecule has 3 aromatic rings. The number of benzene rings is 2. The molecule has 0 aliphatic rings. The van der Waals surface area contributed by atoms with Crippen molar-refractivity contribution in [1.29, 1.82) is 0 Å². The Labute approximate surface area is 156 Å². The molecule has 1 amide bonds. The van der Waals surface area contributed by atoms with Crippen LogP contribution in [0.5, 0.6) is 11.5 Å². The number of methoxy groups -OCH3 is 1. The summed E-state index contributed by atoms with van der Waals surface area (Å²) < 4.78 is 24.6. The number of nitrogens with zero attached hydrogens (tertiary/aromatic N) is 3. The molecule has 0 aliphatic carbocycles. The number of hydrogen-bond donors (Lipinski definition) is 0. The van der Waals surface area contributed by atoms with E-state index in [1.807, 2.05) is 0 Å². The lowest BCUT2D eigenvalue weighted by Crippen LogP contribution is -2.28. The van der Waals surface area contributed by atoms with Gasteiger partial charge >= 0.3 is 0 Å². The fraction of sp³-hybridized carbons (Fsp3) is 0.250. The van der Waals surface area contributed by atoms with Gasteiger partial charge in [0.25, 0.3) is 0 Å². The van der Waals surface area contributed by atoms with Crippen LogP contribution in [0.4, 0.5) is 4.39 Å². The van der Waals surface area contributed by atoms with Gasteiger partial charge in [0.05, 0.1) is 36.6 Å². The van der Waals surface area contributed by atoms with Crippen molar-refractivity contribution in [3.8, 4) is 22.8 Å². The zero-order valence-electron chi connectivity index (χ0n) is 15.4. The molecule has 0 N–H and O–H groups in total. The van der Waals surface area contributed by atoms with Crippen molar-refractivity contribution < 1.29 is 18.7 Å². The Hall–Kier alpha value is -3.22. The van der Waals surface area contributed by atoms with E-state index in [4.69, 9.17) is 9.47 Å². The number of ether oxygens (including phenoxy) is 2. The lowest BCUT2D eigenvalue weighted by molar-refractivity contribution is -0.127. The number of carbonyl (C=O) groups is 1. The highest BCUT2D eigenvalue weighted by atomic mass is 19.1. The summed E-state index contributed by atoms with van der Waals surface area (Å²) >= 11 is 0. The lowest BCUT2D eigenvalue weighted by atomic mass is 10.1. The molecule has 3 rings (SSSR count). The van der Waals surface area contributed by atoms with Gasteiger partial charge in [-0.05, 0) is 12.1 Å². The lowest BCUT2D eigenvalue weighted by Gasteiger charge is -2.16. The van der Waals surface area contributed by atoms with Crippen LogP contribution in [-0.2, 0) is 4.79 Å². The smallest absolute Gasteiger partial charge is 0.219 e. The topological polar surface area (TPSA) is 64.6 Å². The van der Waals surface area contributed by atoms with Crippen LogP contribution in [0.2, 0.25) is 0 Å². The maximum atomic E-state index is 13.5. The largest absolute Gasteiger partial charge is 0.493 e. The molecule has 1 heterocycles. The predicted molar refractivity (Wildman–Crippen MR) is 100 cm³/mol. The van der Waals surface area contributed by atoms with E-state index in [2.05, 4.69) is 9.97 Å². The second-order valence-electron chi connectivity index (χ2n) is 6.05. The van der Waals surface area contributed by atoms with E-state index in [9.17, 15) is 9.18 Å². The van der Waals surface area contributed by atoms with Crippen molar-refractivity contribution in [1.82, 2.24) is 14.9 Å². The summed E-state index contributed by atoms with van der Waals surface area (Å²) in [6, 6.07) is 9.68. The number of likely N-dealkylation sites (N-methyl/N-ethyl adjacent to an activating group) is 1. The molecule has 140 valence electrons. The van der Waals surface area contributed by atoms with Gasteiger partial charge in [-0.15, -0.1) is 0 Å². The molecular weight excluding hydrogens is 349 g/mol. The summed E-state index contributed by atoms with van der Waals surface area (Å²) in [5, 5.41) is 0. The van der Waals surface area contributed by atoms with E-state index >= 15 is 0 Å². The number of carbonyl (C=O) groups excluding carboxylic acids is 1. The molecule has 2 aromatic carbocycles. The van der Waals surface area contributed by atoms with Gasteiger partial charge in [0.1, 0.15) is 12.4 Å². The van der Waals surface area contributed by atoms with Crippen LogP contribution < -0.4 is 9.47 Å². The second kappa shape index (κ2) is 7.99. The minimum absolute atomic E-state index is 0.0279. The second-order valence-corrected chi connectivity index (χ2v) is 6.05. The first-order valence-electron chi connectivity index (χ1n) is 8.43. The zero-order chi connectivity index (χ0) is 19.4. The maximum absolute atomic E-state index is 13.5. The third-order valence-electron chi connectivity index (χ3n) is 4.17. The first kappa shape index (κ1) is 18.6. The Morgan fingerprint density at radius 2 is 1.96 bits per heavy atom. The molecule has 0 atom stereocenters. The van der Waals surface area contributed by atoms with Crippen molar-refractivity contribution in [2.24, 2.45) is 0 Å². The van der Waals surface area contributed by atoms with Crippen LogP contribution in [0.1, 0.15) is 6.92 Å². The SMILES string of the molecule is COc1cc2nc(-c3cccc(F)c3)cnc2cc1OCCN(C)C(C)=O. The monoisotopic (exact) mass is 369 g/mol. The van der Waals surface area contributed by atoms with E-state index in [0.29, 0.717) is 46.9 Å². The molecule has 0 fully saturated rings. The van der Waals surface area contributed by atoms with Gasteiger partial charge in [-0.1, -0.05) is 12.1 Å². The van der Waals surface area contributed by atoms with E-state index in [0.717, 1.165) is 0 Å². The van der Waals surface area contributed by atoms with Gasteiger partial charge in [-0.3, -0.25) is 9.78 Å². The third-order valence-corrected chi connectivity index (χ3v) is 4.17. The number of rotatable bonds is 6. The zero-order valence-corrected chi connectivity index (χ0v) is 15.4. The summed E-state index contributed by atoms with van der Waals surface area (Å²) in [5.74, 6) is 0.680. The Kier molecular flexibility index (Phi) is 5.49. The van der Waals surface area contributed by atoms with E-state index < -0.39 is 0 Å². The van der Waals surface area contributed by atoms with E-state index in [-0.39, 0.29) is 11.7 Å². The van der Waals surface area contributed by atoms with Crippen molar-refractivity contribution >= 4 is 16.9 Å². The number of aromatic nitrogens is 2. The van der Waals surface area contributed by atoms with Crippen molar-refractivity contribution in [2.75, 3.05) is 27.3 Å². The number of fused-ring (bicyclic) bond motifs is 1. The van der Waals surface area contributed by atoms with Crippen LogP contribution in [-0.4, -0.2) is 48.1 Å². The summed E-state index contributed by atoms with van der Waals surface area (Å²) in [6.07, 6.45) is 1.59. The van der Waals surface area contributed by atoms with Crippen LogP contribution in [0.15, 0.2) is 42.6 Å². The molecule has 1 aromatic heterocycles. The molecule has 0 saturated carbocycles. The molecule has 7 heteroatoms. The van der Waals surface area contributed by atoms with E-state index in [1.165, 1.54) is 19.1 Å². The summed E-state index contributed by atoms with van der Waals surface area (Å²) in [6.45, 7) is 2.29. The average molecular weight is 369 g/mol. The highest BCUT2D eigenvalue weighted by Gasteiger charge is 2.11. The first-order chi connectivity index (χ1) is 13.0. The number of hydrogen-bond acceptors (Lipinski definition) is 5. The molecule has 0 saturated heterocycles. The van der Waals surface area contributed by atoms with Gasteiger partial charge in [-0.25, -0.2) is 9.37 Å². The molecule has 0 spiro atoms. The summed E-state index contributed by atoms with van der Waals surface area (Å²) in [4.78, 5) is 21.8. The van der Waals surface area contributed by atoms with Crippen LogP contribution in [0, 0.1) is 5.82 Å². The van der Waals surface area contributed by atoms with Crippen LogP contribution >= 0.6 is 0 Å². The Morgan fingerprint density at radius 1 is 1.19 bits per heavy atom. The normalized spacial score (nSPS) is 10.7. The minimum Gasteiger partial charge on any atom is -0.493 e. The number of halogens is 1. The van der Waals surface area contributed by atoms with Gasteiger partial charge < -0.3 is 14.4 Å². The molecule has 0 aliphatic heterocycles. The first-order valence-corrected chi connectivity index (χ1v) is 8.43. The predicted octanol–water partition coefficient (Wildman–Crippen LogP) is 3.30. The van der Waals surface area contributed by atoms with Crippen molar-refractivity contribution in [3.63, 3.8) is 0 Å². The fourth-order valence-electron chi connectivity index (χ4n) is 2.53. The molecular formula is C20H20FN3O3. The molecule has 0 radical (unpaired) electrons. The molecule has 0 bridgehead atoms. The third kappa shape index (κ3) is 4.31. The number of amides is 1. The molecule has 27 heavy (non-hydrogen) atoms. The van der Waals surface area contributed by atoms with E-state index in [1.54, 1.807) is 49.5 Å². The van der Waals surface area contributed by atoms with Gasteiger partial charge in [0, 0.05) is 31.7 Å². The molecule has 6 nitrogen and oxygen atoms in total. The van der Waals surface area contributed by atoms with Gasteiger partial charge in [-0.2, -0.15) is 0 Å². The average Bonchev–Trinajstić information content (AvgIpc) is 2.66. The maximum Gasteiger partial charge on any atom is 0.219 e. The van der Waals surface area contributed by atoms with Gasteiger partial charge in [0.2, 0.25) is 5.91 Å². The standard InChI is InChI=1S/C20H20FN3O3/c1-13(25)24(2)7-8-27-20-10-16-17(11-19(20)26-3)23-18(12-22-16)14-5-4-6-15(21)9-14/h4-6,9-12H,7-8H2,1-3H3. The highest BCUT2D eigenvalue weighted by molar-refractivity contribution is 5.81. The summed E-state index contributed by atoms with van der Waals surface area (Å²) in [7, 11) is 3.25. The minimum atomic E-state index is -0.328. The van der Waals surface area contributed by atoms with Crippen molar-refractivity contribution in [2.45, 2.75) is 6.92 Å². The van der Waals surface area contributed by atoms with Crippen LogP contribution in [0.25, 0.3) is 22.3 Å². The fourth-order valence-corrected chi connectivity index (χ4v) is 2.53. The van der Waals surface area contributed by atoms with Gasteiger partial charge in [0.15, 0.2) is 11.5 Å². The Balaban J connectivity index is 1.87. The van der Waals surface area contributed by atoms with Crippen LogP contribution in [0.3, 0.4) is 0 Å². The Bertz CT molecular complexity index is 978. The quantitative estimate of drug-likeness (QED) is 0.667. The molecule has 0 unspecified atom stereocenters. The van der Waals surface area contributed by atoms with Crippen molar-refractivity contribution in [3.05, 3.63) is 48.4 Å². The highest BCUT2D eigenvalue weighted by Crippen LogP contribution is 2.32. The summed E-state index contributed by atoms with van der Waals surface area (Å²) in [5.41, 5.74) is 2.46.